The minimum atomic E-state index is -0.953. The molecule has 0 N–H and O–H groups in total. The average Bonchev–Trinajstić information content (AvgIpc) is 2.36. The molecule has 0 bridgehead atoms. The van der Waals surface area contributed by atoms with Gasteiger partial charge >= 0.3 is 0 Å². The molecule has 0 fully saturated rings. The smallest absolute Gasteiger partial charge is 0.169 e. The maximum atomic E-state index is 13.1. The highest BCUT2D eigenvalue weighted by Gasteiger charge is 2.13. The molecule has 0 unspecified atom stereocenters. The van der Waals surface area contributed by atoms with Crippen LogP contribution in [0, 0.1) is 25.5 Å². The molecule has 0 aliphatic heterocycles. The Bertz CT molecular complexity index is 641. The highest BCUT2D eigenvalue weighted by atomic mass is 19.2. The maximum Gasteiger partial charge on any atom is 0.169 e. The molecule has 5 heteroatoms. The second-order valence-corrected chi connectivity index (χ2v) is 4.33. The highest BCUT2D eigenvalue weighted by Crippen LogP contribution is 2.13. The lowest BCUT2D eigenvalue weighted by Crippen LogP contribution is -2.09. The molecular weight excluding hydrogens is 250 g/mol. The van der Waals surface area contributed by atoms with Crippen LogP contribution in [0.3, 0.4) is 0 Å². The molecule has 0 spiro atoms. The van der Waals surface area contributed by atoms with Crippen molar-refractivity contribution < 1.29 is 13.6 Å². The Morgan fingerprint density at radius 3 is 2.53 bits per heavy atom. The molecule has 19 heavy (non-hydrogen) atoms. The van der Waals surface area contributed by atoms with Crippen molar-refractivity contribution in [1.29, 1.82) is 0 Å². The summed E-state index contributed by atoms with van der Waals surface area (Å²) in [6, 6.07) is 5.09. The van der Waals surface area contributed by atoms with Gasteiger partial charge in [-0.15, -0.1) is 0 Å². The third kappa shape index (κ3) is 2.99. The Morgan fingerprint density at radius 1 is 1.11 bits per heavy atom. The summed E-state index contributed by atoms with van der Waals surface area (Å²) in [5.41, 5.74) is 2.05. The lowest BCUT2D eigenvalue weighted by molar-refractivity contribution is 0.0991. The molecular formula is C14H12F2N2O. The summed E-state index contributed by atoms with van der Waals surface area (Å²) in [6.07, 6.45) is 0.00315. The van der Waals surface area contributed by atoms with Crippen molar-refractivity contribution in [2.45, 2.75) is 20.3 Å². The molecule has 0 saturated heterocycles. The predicted octanol–water partition coefficient (Wildman–Crippen LogP) is 2.80. The van der Waals surface area contributed by atoms with E-state index in [1.165, 1.54) is 6.07 Å². The van der Waals surface area contributed by atoms with E-state index in [1.54, 1.807) is 19.9 Å². The van der Waals surface area contributed by atoms with E-state index in [-0.39, 0.29) is 12.2 Å². The normalized spacial score (nSPS) is 10.5. The Kier molecular flexibility index (Phi) is 3.64. The van der Waals surface area contributed by atoms with Gasteiger partial charge in [0.2, 0.25) is 0 Å². The zero-order valence-corrected chi connectivity index (χ0v) is 10.6. The van der Waals surface area contributed by atoms with Crippen LogP contribution in [0.2, 0.25) is 0 Å². The number of ketones is 1. The van der Waals surface area contributed by atoms with Gasteiger partial charge in [-0.2, -0.15) is 10.2 Å². The molecule has 0 saturated carbocycles. The van der Waals surface area contributed by atoms with Gasteiger partial charge in [-0.25, -0.2) is 8.78 Å². The number of rotatable bonds is 3. The summed E-state index contributed by atoms with van der Waals surface area (Å²) < 4.78 is 25.9. The van der Waals surface area contributed by atoms with E-state index in [0.29, 0.717) is 22.5 Å². The number of hydrogen-bond acceptors (Lipinski definition) is 3. The summed E-state index contributed by atoms with van der Waals surface area (Å²) >= 11 is 0. The van der Waals surface area contributed by atoms with Crippen LogP contribution >= 0.6 is 0 Å². The third-order valence-corrected chi connectivity index (χ3v) is 2.75. The quantitative estimate of drug-likeness (QED) is 0.799. The fourth-order valence-electron chi connectivity index (χ4n) is 1.76. The molecule has 0 atom stereocenters. The number of aryl methyl sites for hydroxylation is 2. The molecule has 98 valence electrons. The summed E-state index contributed by atoms with van der Waals surface area (Å²) in [5.74, 6) is -2.07. The summed E-state index contributed by atoms with van der Waals surface area (Å²) in [7, 11) is 0. The Hall–Kier alpha value is -2.17. The Labute approximate surface area is 109 Å². The molecule has 2 aromatic rings. The van der Waals surface area contributed by atoms with Crippen molar-refractivity contribution in [3.05, 3.63) is 58.4 Å². The number of halogens is 2. The second-order valence-electron chi connectivity index (χ2n) is 4.33. The SMILES string of the molecule is Cc1cc(C(=O)Cc2ccc(F)c(F)c2)c(C)nn1. The molecule has 1 aromatic carbocycles. The first kappa shape index (κ1) is 13.3. The average molecular weight is 262 g/mol. The molecule has 0 aliphatic rings. The second kappa shape index (κ2) is 5.22. The molecule has 1 aromatic heterocycles. The molecule has 0 amide bonds. The minimum absolute atomic E-state index is 0.00315. The molecule has 0 aliphatic carbocycles. The standard InChI is InChI=1S/C14H12F2N2O/c1-8-5-11(9(2)18-17-8)14(19)7-10-3-4-12(15)13(16)6-10/h3-6H,7H2,1-2H3. The van der Waals surface area contributed by atoms with Gasteiger partial charge in [-0.1, -0.05) is 6.07 Å². The Balaban J connectivity index is 2.25. The van der Waals surface area contributed by atoms with Gasteiger partial charge in [0.05, 0.1) is 11.4 Å². The number of nitrogens with zero attached hydrogens (tertiary/aromatic N) is 2. The highest BCUT2D eigenvalue weighted by molar-refractivity contribution is 5.98. The predicted molar refractivity (Wildman–Crippen MR) is 65.9 cm³/mol. The van der Waals surface area contributed by atoms with Crippen molar-refractivity contribution in [3.8, 4) is 0 Å². The van der Waals surface area contributed by atoms with Crippen molar-refractivity contribution in [1.82, 2.24) is 10.2 Å². The molecule has 2 rings (SSSR count). The van der Waals surface area contributed by atoms with Crippen LogP contribution in [-0.2, 0) is 6.42 Å². The lowest BCUT2D eigenvalue weighted by atomic mass is 10.0. The third-order valence-electron chi connectivity index (χ3n) is 2.75. The maximum absolute atomic E-state index is 13.1. The van der Waals surface area contributed by atoms with Gasteiger partial charge in [-0.3, -0.25) is 4.79 Å². The van der Waals surface area contributed by atoms with E-state index >= 15 is 0 Å². The van der Waals surface area contributed by atoms with Gasteiger partial charge < -0.3 is 0 Å². The van der Waals surface area contributed by atoms with Gasteiger partial charge in [0, 0.05) is 12.0 Å². The van der Waals surface area contributed by atoms with E-state index in [4.69, 9.17) is 0 Å². The van der Waals surface area contributed by atoms with Gasteiger partial charge in [0.1, 0.15) is 0 Å². The number of aromatic nitrogens is 2. The topological polar surface area (TPSA) is 42.9 Å². The molecule has 1 heterocycles. The van der Waals surface area contributed by atoms with Gasteiger partial charge in [0.15, 0.2) is 17.4 Å². The van der Waals surface area contributed by atoms with Crippen molar-refractivity contribution in [2.24, 2.45) is 0 Å². The summed E-state index contributed by atoms with van der Waals surface area (Å²) in [5, 5.41) is 7.71. The van der Waals surface area contributed by atoms with Crippen molar-refractivity contribution in [3.63, 3.8) is 0 Å². The molecule has 0 radical (unpaired) electrons. The van der Waals surface area contributed by atoms with Crippen LogP contribution in [0.15, 0.2) is 24.3 Å². The zero-order chi connectivity index (χ0) is 14.0. The first-order chi connectivity index (χ1) is 8.97. The number of hydrogen-bond donors (Lipinski definition) is 0. The van der Waals surface area contributed by atoms with E-state index in [0.717, 1.165) is 12.1 Å². The van der Waals surface area contributed by atoms with Crippen LogP contribution in [0.4, 0.5) is 8.78 Å². The number of carbonyl (C=O) groups is 1. The molecule has 3 nitrogen and oxygen atoms in total. The summed E-state index contributed by atoms with van der Waals surface area (Å²) in [4.78, 5) is 12.1. The van der Waals surface area contributed by atoms with Gasteiger partial charge in [-0.05, 0) is 37.6 Å². The van der Waals surface area contributed by atoms with Crippen LogP contribution in [0.5, 0.6) is 0 Å². The van der Waals surface area contributed by atoms with E-state index < -0.39 is 11.6 Å². The monoisotopic (exact) mass is 262 g/mol. The largest absolute Gasteiger partial charge is 0.294 e. The first-order valence-electron chi connectivity index (χ1n) is 5.75. The number of Topliss-reactive ketones (excluding diaryl/α,β-unsaturated/α-hetero) is 1. The summed E-state index contributed by atoms with van der Waals surface area (Å²) in [6.45, 7) is 3.42. The van der Waals surface area contributed by atoms with Crippen LogP contribution in [0.1, 0.15) is 27.3 Å². The van der Waals surface area contributed by atoms with Crippen molar-refractivity contribution in [2.75, 3.05) is 0 Å². The minimum Gasteiger partial charge on any atom is -0.294 e. The Morgan fingerprint density at radius 2 is 1.84 bits per heavy atom. The fourth-order valence-corrected chi connectivity index (χ4v) is 1.76. The fraction of sp³-hybridized carbons (Fsp3) is 0.214. The van der Waals surface area contributed by atoms with E-state index in [9.17, 15) is 13.6 Å². The van der Waals surface area contributed by atoms with Crippen LogP contribution in [0.25, 0.3) is 0 Å². The van der Waals surface area contributed by atoms with Crippen LogP contribution < -0.4 is 0 Å². The van der Waals surface area contributed by atoms with Crippen molar-refractivity contribution >= 4 is 5.78 Å². The zero-order valence-electron chi connectivity index (χ0n) is 10.6. The van der Waals surface area contributed by atoms with E-state index in [2.05, 4.69) is 10.2 Å². The number of carbonyl (C=O) groups excluding carboxylic acids is 1. The van der Waals surface area contributed by atoms with Crippen LogP contribution in [-0.4, -0.2) is 16.0 Å². The lowest BCUT2D eigenvalue weighted by Gasteiger charge is -2.05. The van der Waals surface area contributed by atoms with E-state index in [1.807, 2.05) is 0 Å². The first-order valence-corrected chi connectivity index (χ1v) is 5.75. The van der Waals surface area contributed by atoms with Gasteiger partial charge in [0.25, 0.3) is 0 Å². The number of benzene rings is 1.